The molecule has 0 rings (SSSR count). The van der Waals surface area contributed by atoms with Crippen LogP contribution in [0.25, 0.3) is 0 Å². The maximum Gasteiger partial charge on any atom is 1.00 e. The second-order valence-electron chi connectivity index (χ2n) is 2.94. The number of rotatable bonds is 1. The topological polar surface area (TPSA) is 26.3 Å². The third-order valence-electron chi connectivity index (χ3n) is 0.709. The molecule has 0 spiro atoms. The minimum Gasteiger partial charge on any atom is -0.460 e. The molecule has 0 aromatic carbocycles. The van der Waals surface area contributed by atoms with E-state index in [1.807, 2.05) is 20.8 Å². The van der Waals surface area contributed by atoms with Gasteiger partial charge in [-0.05, 0) is 20.8 Å². The normalized spacial score (nSPS) is 10.0. The summed E-state index contributed by atoms with van der Waals surface area (Å²) in [4.78, 5) is 10.6. The molecule has 0 saturated heterocycles. The Hall–Kier alpha value is 0.0674. The van der Waals surface area contributed by atoms with Gasteiger partial charge in [0, 0.05) is 6.42 Å². The van der Waals surface area contributed by atoms with E-state index in [9.17, 15) is 4.79 Å². The molecule has 0 amide bonds. The maximum absolute atomic E-state index is 10.6. The molecule has 0 unspecified atom stereocenters. The number of carbonyl (C=O) groups excluding carboxylic acids is 1. The molecule has 0 aromatic heterocycles. The zero-order valence-electron chi connectivity index (χ0n) is 7.52. The fourth-order valence-corrected chi connectivity index (χ4v) is 0.414. The number of hydrogen-bond donors (Lipinski definition) is 0. The van der Waals surface area contributed by atoms with Crippen LogP contribution in [0.1, 0.15) is 34.1 Å². The molecule has 0 heterocycles. The van der Waals surface area contributed by atoms with Gasteiger partial charge in [0.2, 0.25) is 0 Å². The van der Waals surface area contributed by atoms with Gasteiger partial charge in [-0.2, -0.15) is 0 Å². The van der Waals surface area contributed by atoms with E-state index in [2.05, 4.69) is 0 Å². The molecule has 0 fully saturated rings. The van der Waals surface area contributed by atoms with E-state index in [4.69, 9.17) is 4.74 Å². The molecule has 0 aliphatic rings. The van der Waals surface area contributed by atoms with E-state index in [1.165, 1.54) is 0 Å². The Kier molecular flexibility index (Phi) is 6.13. The van der Waals surface area contributed by atoms with Crippen LogP contribution in [0.4, 0.5) is 0 Å². The molecule has 0 atom stereocenters. The van der Waals surface area contributed by atoms with Crippen LogP contribution in [-0.2, 0) is 9.53 Å². The fraction of sp³-hybridized carbons (Fsp3) is 0.857. The van der Waals surface area contributed by atoms with E-state index in [1.54, 1.807) is 6.92 Å². The molecule has 0 aliphatic heterocycles. The minimum absolute atomic E-state index is 0. The first kappa shape index (κ1) is 12.7. The molecular weight excluding hydrogens is 123 g/mol. The summed E-state index contributed by atoms with van der Waals surface area (Å²) in [6, 6.07) is 0. The van der Waals surface area contributed by atoms with Crippen molar-refractivity contribution in [1.29, 1.82) is 0 Å². The zero-order chi connectivity index (χ0) is 7.49. The summed E-state index contributed by atoms with van der Waals surface area (Å²) in [6.07, 6.45) is 0.456. The first-order valence-corrected chi connectivity index (χ1v) is 3.17. The van der Waals surface area contributed by atoms with Gasteiger partial charge < -0.3 is 4.74 Å². The molecule has 0 aromatic rings. The Morgan fingerprint density at radius 3 is 1.90 bits per heavy atom. The summed E-state index contributed by atoms with van der Waals surface area (Å²) < 4.78 is 4.95. The Morgan fingerprint density at radius 2 is 1.80 bits per heavy atom. The van der Waals surface area contributed by atoms with Gasteiger partial charge in [0.1, 0.15) is 5.60 Å². The largest absolute Gasteiger partial charge is 1.00 e. The van der Waals surface area contributed by atoms with Gasteiger partial charge in [0.15, 0.2) is 0 Å². The predicted molar refractivity (Wildman–Crippen MR) is 36.1 cm³/mol. The van der Waals surface area contributed by atoms with Crippen LogP contribution in [0.3, 0.4) is 0 Å². The molecule has 0 radical (unpaired) electrons. The third kappa shape index (κ3) is 8.07. The smallest absolute Gasteiger partial charge is 0.460 e. The molecule has 2 nitrogen and oxygen atoms in total. The summed E-state index contributed by atoms with van der Waals surface area (Å²) in [5.74, 6) is -0.137. The van der Waals surface area contributed by atoms with E-state index in [-0.39, 0.29) is 30.4 Å². The van der Waals surface area contributed by atoms with Crippen molar-refractivity contribution < 1.29 is 28.4 Å². The van der Waals surface area contributed by atoms with Crippen molar-refractivity contribution in [2.45, 2.75) is 39.7 Å². The Bertz CT molecular complexity index is 105. The van der Waals surface area contributed by atoms with Crippen molar-refractivity contribution in [3.05, 3.63) is 0 Å². The second kappa shape index (κ2) is 4.82. The predicted octanol–water partition coefficient (Wildman–Crippen LogP) is -1.26. The summed E-state index contributed by atoms with van der Waals surface area (Å²) in [5.41, 5.74) is -0.326. The summed E-state index contributed by atoms with van der Waals surface area (Å²) in [6.45, 7) is 7.37. The Balaban J connectivity index is 0. The standard InChI is InChI=1S/C7H14O2.Li/c1-5-6(8)9-7(2,3)4;/h5H2,1-4H3;/q;+1. The van der Waals surface area contributed by atoms with Crippen molar-refractivity contribution in [3.8, 4) is 0 Å². The van der Waals surface area contributed by atoms with Crippen molar-refractivity contribution in [2.24, 2.45) is 0 Å². The number of hydrogen-bond acceptors (Lipinski definition) is 2. The first-order valence-electron chi connectivity index (χ1n) is 3.17. The van der Waals surface area contributed by atoms with Crippen LogP contribution in [0.2, 0.25) is 0 Å². The third-order valence-corrected chi connectivity index (χ3v) is 0.709. The van der Waals surface area contributed by atoms with Crippen LogP contribution in [0, 0.1) is 0 Å². The van der Waals surface area contributed by atoms with Gasteiger partial charge in [-0.25, -0.2) is 0 Å². The summed E-state index contributed by atoms with van der Waals surface area (Å²) in [5, 5.41) is 0. The average molecular weight is 137 g/mol. The SMILES string of the molecule is CCC(=O)OC(C)(C)C.[Li+]. The van der Waals surface area contributed by atoms with Crippen molar-refractivity contribution >= 4 is 5.97 Å². The van der Waals surface area contributed by atoms with Gasteiger partial charge in [-0.15, -0.1) is 0 Å². The number of esters is 1. The van der Waals surface area contributed by atoms with Gasteiger partial charge in [-0.1, -0.05) is 6.92 Å². The molecule has 54 valence electrons. The van der Waals surface area contributed by atoms with Gasteiger partial charge in [-0.3, -0.25) is 4.79 Å². The van der Waals surface area contributed by atoms with Crippen LogP contribution >= 0.6 is 0 Å². The molecule has 0 aliphatic carbocycles. The average Bonchev–Trinajstić information content (AvgIpc) is 1.62. The monoisotopic (exact) mass is 137 g/mol. The number of ether oxygens (including phenoxy) is 1. The molecule has 0 saturated carbocycles. The molecule has 3 heteroatoms. The maximum atomic E-state index is 10.6. The molecule has 0 N–H and O–H groups in total. The van der Waals surface area contributed by atoms with E-state index < -0.39 is 0 Å². The van der Waals surface area contributed by atoms with E-state index >= 15 is 0 Å². The summed E-state index contributed by atoms with van der Waals surface area (Å²) in [7, 11) is 0. The zero-order valence-corrected chi connectivity index (χ0v) is 7.52. The van der Waals surface area contributed by atoms with Gasteiger partial charge in [0.05, 0.1) is 0 Å². The van der Waals surface area contributed by atoms with Crippen LogP contribution in [0.15, 0.2) is 0 Å². The Morgan fingerprint density at radius 1 is 1.40 bits per heavy atom. The summed E-state index contributed by atoms with van der Waals surface area (Å²) >= 11 is 0. The molecule has 0 bridgehead atoms. The molecular formula is C7H14LiO2+. The van der Waals surface area contributed by atoms with Crippen LogP contribution in [0.5, 0.6) is 0 Å². The number of carbonyl (C=O) groups is 1. The molecule has 10 heavy (non-hydrogen) atoms. The second-order valence-corrected chi connectivity index (χ2v) is 2.94. The van der Waals surface area contributed by atoms with E-state index in [0.29, 0.717) is 6.42 Å². The Labute approximate surface area is 74.5 Å². The van der Waals surface area contributed by atoms with Crippen molar-refractivity contribution in [3.63, 3.8) is 0 Å². The van der Waals surface area contributed by atoms with E-state index in [0.717, 1.165) is 0 Å². The van der Waals surface area contributed by atoms with Crippen molar-refractivity contribution in [2.75, 3.05) is 0 Å². The van der Waals surface area contributed by atoms with Gasteiger partial charge >= 0.3 is 24.8 Å². The van der Waals surface area contributed by atoms with Gasteiger partial charge in [0.25, 0.3) is 0 Å². The van der Waals surface area contributed by atoms with Crippen LogP contribution in [-0.4, -0.2) is 11.6 Å². The van der Waals surface area contributed by atoms with Crippen LogP contribution < -0.4 is 18.9 Å². The fourth-order valence-electron chi connectivity index (χ4n) is 0.414. The minimum atomic E-state index is -0.326. The van der Waals surface area contributed by atoms with Crippen molar-refractivity contribution in [1.82, 2.24) is 0 Å². The quantitative estimate of drug-likeness (QED) is 0.333. The first-order chi connectivity index (χ1) is 3.95.